The number of esters is 1. The Labute approximate surface area is 321 Å². The van der Waals surface area contributed by atoms with Crippen LogP contribution < -0.4 is 9.21 Å². The first kappa shape index (κ1) is 37.0. The molecule has 55 heavy (non-hydrogen) atoms. The van der Waals surface area contributed by atoms with Crippen molar-refractivity contribution in [3.05, 3.63) is 161 Å². The molecule has 6 aromatic rings. The summed E-state index contributed by atoms with van der Waals surface area (Å²) in [5.74, 6) is 5.71. The summed E-state index contributed by atoms with van der Waals surface area (Å²) >= 11 is 0. The van der Waals surface area contributed by atoms with Crippen molar-refractivity contribution in [1.82, 2.24) is 4.90 Å². The summed E-state index contributed by atoms with van der Waals surface area (Å²) in [5.41, 5.74) is 5.57. The molecule has 0 bridgehead atoms. The average Bonchev–Trinajstić information content (AvgIpc) is 3.56. The van der Waals surface area contributed by atoms with Crippen LogP contribution in [-0.2, 0) is 21.2 Å². The predicted molar refractivity (Wildman–Crippen MR) is 215 cm³/mol. The number of ether oxygens (including phenoxy) is 1. The van der Waals surface area contributed by atoms with E-state index >= 15 is 0 Å². The lowest BCUT2D eigenvalue weighted by Gasteiger charge is -2.38. The van der Waals surface area contributed by atoms with Crippen LogP contribution in [0.5, 0.6) is 0 Å². The second kappa shape index (κ2) is 16.4. The van der Waals surface area contributed by atoms with Crippen LogP contribution in [0.1, 0.15) is 50.1 Å². The number of nitrogens with zero attached hydrogens (tertiary/aromatic N) is 3. The molecule has 1 saturated heterocycles. The first-order valence-electron chi connectivity index (χ1n) is 18.3. The summed E-state index contributed by atoms with van der Waals surface area (Å²) in [7, 11) is -4.12. The van der Waals surface area contributed by atoms with Gasteiger partial charge >= 0.3 is 5.97 Å². The zero-order valence-electron chi connectivity index (χ0n) is 30.8. The first-order chi connectivity index (χ1) is 26.7. The van der Waals surface area contributed by atoms with E-state index in [1.807, 2.05) is 114 Å². The quantitative estimate of drug-likeness (QED) is 0.104. The molecule has 0 unspecified atom stereocenters. The van der Waals surface area contributed by atoms with Crippen molar-refractivity contribution in [1.29, 1.82) is 0 Å². The van der Waals surface area contributed by atoms with Crippen LogP contribution in [0.4, 0.5) is 11.4 Å². The molecular weight excluding hydrogens is 711 g/mol. The molecule has 1 fully saturated rings. The van der Waals surface area contributed by atoms with Gasteiger partial charge in [0.2, 0.25) is 5.76 Å². The molecule has 2 heterocycles. The monoisotopic (exact) mass is 751 g/mol. The molecule has 1 aliphatic heterocycles. The smallest absolute Gasteiger partial charge is 0.374 e. The number of sulfonamides is 1. The number of fused-ring (bicyclic) bond motifs is 1. The van der Waals surface area contributed by atoms with Crippen molar-refractivity contribution < 1.29 is 27.2 Å². The number of furan rings is 1. The van der Waals surface area contributed by atoms with Crippen LogP contribution in [0.15, 0.2) is 137 Å². The third-order valence-electron chi connectivity index (χ3n) is 9.72. The van der Waals surface area contributed by atoms with Gasteiger partial charge in [0.15, 0.2) is 0 Å². The Hall–Kier alpha value is -6.31. The van der Waals surface area contributed by atoms with Crippen molar-refractivity contribution in [3.8, 4) is 11.8 Å². The third kappa shape index (κ3) is 8.13. The van der Waals surface area contributed by atoms with Gasteiger partial charge in [-0.25, -0.2) is 13.2 Å². The van der Waals surface area contributed by atoms with Crippen molar-refractivity contribution in [2.45, 2.75) is 25.2 Å². The molecule has 0 N–H and O–H groups in total. The Balaban J connectivity index is 1.13. The number of anilines is 2. The maximum atomic E-state index is 14.7. The van der Waals surface area contributed by atoms with Gasteiger partial charge in [-0.05, 0) is 92.6 Å². The molecule has 10 heteroatoms. The van der Waals surface area contributed by atoms with Gasteiger partial charge in [0, 0.05) is 60.4 Å². The fourth-order valence-corrected chi connectivity index (χ4v) is 8.27. The van der Waals surface area contributed by atoms with Gasteiger partial charge in [-0.3, -0.25) is 9.10 Å². The summed E-state index contributed by atoms with van der Waals surface area (Å²) in [6.45, 7) is 5.79. The highest BCUT2D eigenvalue weighted by Crippen LogP contribution is 2.36. The molecule has 278 valence electrons. The molecule has 0 atom stereocenters. The van der Waals surface area contributed by atoms with E-state index in [0.29, 0.717) is 60.4 Å². The van der Waals surface area contributed by atoms with E-state index in [1.54, 1.807) is 26.0 Å². The van der Waals surface area contributed by atoms with E-state index in [2.05, 4.69) is 16.7 Å². The maximum Gasteiger partial charge on any atom is 0.374 e. The molecule has 7 rings (SSSR count). The topological polar surface area (TPSA) is 100 Å². The Morgan fingerprint density at radius 2 is 1.42 bits per heavy atom. The first-order valence-corrected chi connectivity index (χ1v) is 19.7. The van der Waals surface area contributed by atoms with Crippen LogP contribution in [0.3, 0.4) is 0 Å². The number of hydrogen-bond donors (Lipinski definition) is 0. The lowest BCUT2D eigenvalue weighted by Crippen LogP contribution is -2.49. The minimum atomic E-state index is -4.12. The number of amides is 1. The molecule has 5 aromatic carbocycles. The summed E-state index contributed by atoms with van der Waals surface area (Å²) in [5, 5.41) is 0.524. The number of carbonyl (C=O) groups excluding carboxylic acids is 2. The largest absolute Gasteiger partial charge is 0.460 e. The number of hydrogen-bond acceptors (Lipinski definition) is 7. The van der Waals surface area contributed by atoms with Crippen molar-refractivity contribution in [2.75, 3.05) is 48.5 Å². The summed E-state index contributed by atoms with van der Waals surface area (Å²) in [4.78, 5) is 30.2. The van der Waals surface area contributed by atoms with Gasteiger partial charge in [0.05, 0.1) is 22.9 Å². The Kier molecular flexibility index (Phi) is 11.0. The van der Waals surface area contributed by atoms with Gasteiger partial charge in [0.25, 0.3) is 15.9 Å². The van der Waals surface area contributed by atoms with E-state index in [1.165, 1.54) is 10.4 Å². The number of piperazine rings is 1. The average molecular weight is 752 g/mol. The number of carbonyl (C=O) groups is 2. The Bertz CT molecular complexity index is 2480. The van der Waals surface area contributed by atoms with Gasteiger partial charge in [0.1, 0.15) is 5.58 Å². The van der Waals surface area contributed by atoms with Gasteiger partial charge in [-0.2, -0.15) is 0 Å². The van der Waals surface area contributed by atoms with Crippen molar-refractivity contribution >= 4 is 44.2 Å². The molecule has 0 aliphatic carbocycles. The molecule has 1 amide bonds. The van der Waals surface area contributed by atoms with Gasteiger partial charge < -0.3 is 19.0 Å². The van der Waals surface area contributed by atoms with E-state index in [0.717, 1.165) is 22.4 Å². The zero-order chi connectivity index (χ0) is 38.4. The molecule has 0 spiro atoms. The lowest BCUT2D eigenvalue weighted by atomic mass is 10.1. The number of aryl methyl sites for hydroxylation is 1. The highest BCUT2D eigenvalue weighted by Gasteiger charge is 2.31. The minimum absolute atomic E-state index is 0.0560. The normalized spacial score (nSPS) is 12.9. The highest BCUT2D eigenvalue weighted by atomic mass is 32.2. The van der Waals surface area contributed by atoms with Gasteiger partial charge in [-0.1, -0.05) is 72.5 Å². The molecule has 0 radical (unpaired) electrons. The Morgan fingerprint density at radius 1 is 0.782 bits per heavy atom. The summed E-state index contributed by atoms with van der Waals surface area (Å²) in [6.07, 6.45) is 0.479. The fraction of sp³-hybridized carbons (Fsp3) is 0.200. The van der Waals surface area contributed by atoms with Gasteiger partial charge in [-0.15, -0.1) is 0 Å². The standard InChI is InChI=1S/C45H41N3O6S/c1-3-53-45(50)43-33(2)39-32-38(24-25-42(39)54-43)55(51,52)48(27-26-35-14-8-5-9-15-35)41-17-11-10-16-40(41)46-28-30-47(31-29-46)44(49)37-22-20-36(21-23-37)19-18-34-12-6-4-7-13-34/h4-17,20-25,32H,3,26-31H2,1-2H3. The molecule has 0 saturated carbocycles. The molecule has 1 aliphatic rings. The SMILES string of the molecule is CCOC(=O)c1oc2ccc(S(=O)(=O)N(CCc3ccccc3)c3ccccc3N3CCN(C(=O)c4ccc(C#Cc5ccccc5)cc4)CC3)cc2c1C. The van der Waals surface area contributed by atoms with Crippen LogP contribution in [-0.4, -0.2) is 64.5 Å². The summed E-state index contributed by atoms with van der Waals surface area (Å²) < 4.78 is 41.9. The third-order valence-corrected chi connectivity index (χ3v) is 11.5. The maximum absolute atomic E-state index is 14.7. The fourth-order valence-electron chi connectivity index (χ4n) is 6.76. The second-order valence-corrected chi connectivity index (χ2v) is 15.1. The zero-order valence-corrected chi connectivity index (χ0v) is 31.6. The Morgan fingerprint density at radius 3 is 2.11 bits per heavy atom. The highest BCUT2D eigenvalue weighted by molar-refractivity contribution is 7.92. The van der Waals surface area contributed by atoms with E-state index in [9.17, 15) is 18.0 Å². The van der Waals surface area contributed by atoms with Crippen LogP contribution in [0.25, 0.3) is 11.0 Å². The predicted octanol–water partition coefficient (Wildman–Crippen LogP) is 7.72. The number of para-hydroxylation sites is 2. The van der Waals surface area contributed by atoms with Crippen LogP contribution >= 0.6 is 0 Å². The van der Waals surface area contributed by atoms with Crippen LogP contribution in [0.2, 0.25) is 0 Å². The summed E-state index contributed by atoms with van der Waals surface area (Å²) in [6, 6.07) is 39.1. The van der Waals surface area contributed by atoms with Crippen molar-refractivity contribution in [3.63, 3.8) is 0 Å². The van der Waals surface area contributed by atoms with Crippen molar-refractivity contribution in [2.24, 2.45) is 0 Å². The molecular formula is C45H41N3O6S. The number of benzene rings is 5. The second-order valence-electron chi connectivity index (χ2n) is 13.2. The lowest BCUT2D eigenvalue weighted by molar-refractivity contribution is 0.0491. The van der Waals surface area contributed by atoms with Crippen LogP contribution in [0, 0.1) is 18.8 Å². The van der Waals surface area contributed by atoms with E-state index in [-0.39, 0.29) is 29.7 Å². The van der Waals surface area contributed by atoms with E-state index < -0.39 is 16.0 Å². The molecule has 1 aromatic heterocycles. The minimum Gasteiger partial charge on any atom is -0.460 e. The number of rotatable bonds is 10. The van der Waals surface area contributed by atoms with E-state index in [4.69, 9.17) is 9.15 Å². The molecule has 9 nitrogen and oxygen atoms in total.